The van der Waals surface area contributed by atoms with Gasteiger partial charge in [-0.2, -0.15) is 0 Å². The maximum Gasteiger partial charge on any atom is 0.246 e. The van der Waals surface area contributed by atoms with Crippen LogP contribution in [0.5, 0.6) is 0 Å². The molecule has 0 spiro atoms. The van der Waals surface area contributed by atoms with Crippen LogP contribution in [-0.4, -0.2) is 50.2 Å². The summed E-state index contributed by atoms with van der Waals surface area (Å²) in [6, 6.07) is 0. The van der Waals surface area contributed by atoms with Crippen LogP contribution in [0.25, 0.3) is 0 Å². The zero-order valence-corrected chi connectivity index (χ0v) is 8.66. The molecular weight excluding hydrogens is 180 g/mol. The lowest BCUT2D eigenvalue weighted by atomic mass is 9.92. The van der Waals surface area contributed by atoms with Gasteiger partial charge in [0.2, 0.25) is 5.91 Å². The summed E-state index contributed by atoms with van der Waals surface area (Å²) in [5, 5.41) is 2.86. The smallest absolute Gasteiger partial charge is 0.246 e. The van der Waals surface area contributed by atoms with Gasteiger partial charge in [-0.15, -0.1) is 0 Å². The monoisotopic (exact) mass is 198 g/mol. The van der Waals surface area contributed by atoms with Gasteiger partial charge >= 0.3 is 0 Å². The first-order valence-corrected chi connectivity index (χ1v) is 5.32. The van der Waals surface area contributed by atoms with Crippen LogP contribution in [0.15, 0.2) is 0 Å². The zero-order valence-electron chi connectivity index (χ0n) is 8.66. The van der Waals surface area contributed by atoms with E-state index in [4.69, 9.17) is 4.74 Å². The molecule has 0 saturated carbocycles. The molecule has 2 fully saturated rings. The molecule has 0 aromatic rings. The van der Waals surface area contributed by atoms with Crippen molar-refractivity contribution < 1.29 is 9.53 Å². The molecule has 0 radical (unpaired) electrons. The molecule has 2 unspecified atom stereocenters. The molecular formula is C10H18N2O2. The molecule has 80 valence electrons. The SMILES string of the molecule is CN1CCCC(C2CNC(=O)CO2)C1. The second-order valence-corrected chi connectivity index (χ2v) is 4.32. The molecule has 0 aromatic heterocycles. The van der Waals surface area contributed by atoms with Crippen LogP contribution in [0.3, 0.4) is 0 Å². The van der Waals surface area contributed by atoms with Gasteiger partial charge in [-0.25, -0.2) is 0 Å². The van der Waals surface area contributed by atoms with Crippen LogP contribution in [0.1, 0.15) is 12.8 Å². The molecule has 2 aliphatic rings. The Hall–Kier alpha value is -0.610. The van der Waals surface area contributed by atoms with Crippen molar-refractivity contribution in [3.63, 3.8) is 0 Å². The van der Waals surface area contributed by atoms with Crippen LogP contribution < -0.4 is 5.32 Å². The predicted octanol–water partition coefficient (Wildman–Crippen LogP) is -0.157. The lowest BCUT2D eigenvalue weighted by Gasteiger charge is -2.36. The van der Waals surface area contributed by atoms with E-state index in [1.807, 2.05) is 0 Å². The predicted molar refractivity (Wildman–Crippen MR) is 53.0 cm³/mol. The van der Waals surface area contributed by atoms with Crippen molar-refractivity contribution in [1.82, 2.24) is 10.2 Å². The van der Waals surface area contributed by atoms with Gasteiger partial charge in [0.05, 0.1) is 6.10 Å². The molecule has 2 rings (SSSR count). The molecule has 0 aliphatic carbocycles. The van der Waals surface area contributed by atoms with Crippen molar-refractivity contribution >= 4 is 5.91 Å². The van der Waals surface area contributed by atoms with Crippen molar-refractivity contribution in [2.45, 2.75) is 18.9 Å². The minimum absolute atomic E-state index is 0.0189. The fourth-order valence-electron chi connectivity index (χ4n) is 2.32. The summed E-state index contributed by atoms with van der Waals surface area (Å²) < 4.78 is 5.54. The number of hydrogen-bond donors (Lipinski definition) is 1. The van der Waals surface area contributed by atoms with Crippen molar-refractivity contribution in [3.05, 3.63) is 0 Å². The van der Waals surface area contributed by atoms with Gasteiger partial charge in [0.15, 0.2) is 0 Å². The molecule has 2 aliphatic heterocycles. The molecule has 2 atom stereocenters. The Labute approximate surface area is 84.6 Å². The summed E-state index contributed by atoms with van der Waals surface area (Å²) in [6.07, 6.45) is 2.70. The number of amides is 1. The van der Waals surface area contributed by atoms with Gasteiger partial charge in [0.25, 0.3) is 0 Å². The summed E-state index contributed by atoms with van der Waals surface area (Å²) in [5.41, 5.74) is 0. The number of likely N-dealkylation sites (tertiary alicyclic amines) is 1. The number of nitrogens with zero attached hydrogens (tertiary/aromatic N) is 1. The number of hydrogen-bond acceptors (Lipinski definition) is 3. The maximum absolute atomic E-state index is 10.9. The molecule has 0 aromatic carbocycles. The Morgan fingerprint density at radius 2 is 2.43 bits per heavy atom. The first-order chi connectivity index (χ1) is 6.75. The van der Waals surface area contributed by atoms with Gasteiger partial charge in [0.1, 0.15) is 6.61 Å². The highest BCUT2D eigenvalue weighted by molar-refractivity contribution is 5.77. The van der Waals surface area contributed by atoms with Gasteiger partial charge in [-0.05, 0) is 32.4 Å². The normalized spacial score (nSPS) is 35.4. The highest BCUT2D eigenvalue weighted by Crippen LogP contribution is 2.21. The van der Waals surface area contributed by atoms with Gasteiger partial charge < -0.3 is 15.0 Å². The molecule has 2 heterocycles. The quantitative estimate of drug-likeness (QED) is 0.637. The van der Waals surface area contributed by atoms with E-state index in [9.17, 15) is 4.79 Å². The number of morpholine rings is 1. The van der Waals surface area contributed by atoms with Crippen molar-refractivity contribution in [2.75, 3.05) is 33.3 Å². The third-order valence-corrected chi connectivity index (χ3v) is 3.12. The van der Waals surface area contributed by atoms with E-state index in [0.29, 0.717) is 12.5 Å². The lowest BCUT2D eigenvalue weighted by Crippen LogP contribution is -2.49. The van der Waals surface area contributed by atoms with E-state index < -0.39 is 0 Å². The first-order valence-electron chi connectivity index (χ1n) is 5.32. The minimum Gasteiger partial charge on any atom is -0.366 e. The standard InChI is InChI=1S/C10H18N2O2/c1-12-4-2-3-8(6-12)9-5-11-10(13)7-14-9/h8-9H,2-7H2,1H3,(H,11,13). The number of nitrogens with one attached hydrogen (secondary N) is 1. The summed E-state index contributed by atoms with van der Waals surface area (Å²) in [7, 11) is 2.15. The van der Waals surface area contributed by atoms with E-state index in [-0.39, 0.29) is 18.6 Å². The van der Waals surface area contributed by atoms with E-state index in [2.05, 4.69) is 17.3 Å². The molecule has 1 N–H and O–H groups in total. The summed E-state index contributed by atoms with van der Waals surface area (Å²) in [5.74, 6) is 0.611. The Morgan fingerprint density at radius 3 is 3.07 bits per heavy atom. The summed E-state index contributed by atoms with van der Waals surface area (Å²) in [6.45, 7) is 3.22. The largest absolute Gasteiger partial charge is 0.366 e. The number of carbonyl (C=O) groups excluding carboxylic acids is 1. The topological polar surface area (TPSA) is 41.6 Å². The van der Waals surface area contributed by atoms with Crippen molar-refractivity contribution in [3.8, 4) is 0 Å². The van der Waals surface area contributed by atoms with Gasteiger partial charge in [-0.1, -0.05) is 0 Å². The maximum atomic E-state index is 10.9. The zero-order chi connectivity index (χ0) is 9.97. The Bertz CT molecular complexity index is 210. The molecule has 1 amide bonds. The fraction of sp³-hybridized carbons (Fsp3) is 0.900. The highest BCUT2D eigenvalue weighted by Gasteiger charge is 2.29. The number of rotatable bonds is 1. The minimum atomic E-state index is 0.0189. The number of piperidine rings is 1. The first kappa shape index (κ1) is 9.93. The second-order valence-electron chi connectivity index (χ2n) is 4.32. The van der Waals surface area contributed by atoms with Crippen LogP contribution >= 0.6 is 0 Å². The fourth-order valence-corrected chi connectivity index (χ4v) is 2.32. The third-order valence-electron chi connectivity index (χ3n) is 3.12. The molecule has 4 nitrogen and oxygen atoms in total. The Balaban J connectivity index is 1.85. The van der Waals surface area contributed by atoms with Gasteiger partial charge in [-0.3, -0.25) is 4.79 Å². The van der Waals surface area contributed by atoms with Crippen LogP contribution in [0.2, 0.25) is 0 Å². The molecule has 4 heteroatoms. The molecule has 2 saturated heterocycles. The van der Waals surface area contributed by atoms with Crippen LogP contribution in [0, 0.1) is 5.92 Å². The molecule has 0 bridgehead atoms. The van der Waals surface area contributed by atoms with E-state index in [0.717, 1.165) is 6.54 Å². The highest BCUT2D eigenvalue weighted by atomic mass is 16.5. The summed E-state index contributed by atoms with van der Waals surface area (Å²) in [4.78, 5) is 13.3. The number of ether oxygens (including phenoxy) is 1. The Kier molecular flexibility index (Phi) is 3.03. The third kappa shape index (κ3) is 2.25. The van der Waals surface area contributed by atoms with Gasteiger partial charge in [0, 0.05) is 13.1 Å². The average molecular weight is 198 g/mol. The van der Waals surface area contributed by atoms with E-state index in [1.165, 1.54) is 19.4 Å². The van der Waals surface area contributed by atoms with Crippen LogP contribution in [0.4, 0.5) is 0 Å². The lowest BCUT2D eigenvalue weighted by molar-refractivity contribution is -0.136. The molecule has 14 heavy (non-hydrogen) atoms. The van der Waals surface area contributed by atoms with Crippen molar-refractivity contribution in [2.24, 2.45) is 5.92 Å². The second kappa shape index (κ2) is 4.28. The Morgan fingerprint density at radius 1 is 1.57 bits per heavy atom. The van der Waals surface area contributed by atoms with E-state index in [1.54, 1.807) is 0 Å². The van der Waals surface area contributed by atoms with E-state index >= 15 is 0 Å². The average Bonchev–Trinajstić information content (AvgIpc) is 2.19. The van der Waals surface area contributed by atoms with Crippen LogP contribution in [-0.2, 0) is 9.53 Å². The summed E-state index contributed by atoms with van der Waals surface area (Å²) >= 11 is 0. The van der Waals surface area contributed by atoms with Crippen molar-refractivity contribution in [1.29, 1.82) is 0 Å². The number of carbonyl (C=O) groups is 1.